The molecule has 5 nitrogen and oxygen atoms in total. The molecular weight excluding hydrogens is 467 g/mol. The van der Waals surface area contributed by atoms with Crippen molar-refractivity contribution in [2.75, 3.05) is 4.31 Å². The molecule has 34 heavy (non-hydrogen) atoms. The second kappa shape index (κ2) is 9.89. The zero-order valence-electron chi connectivity index (χ0n) is 18.6. The Morgan fingerprint density at radius 2 is 1.56 bits per heavy atom. The van der Waals surface area contributed by atoms with Gasteiger partial charge in [0.05, 0.1) is 21.7 Å². The molecule has 0 atom stereocenters. The molecule has 0 aliphatic carbocycles. The van der Waals surface area contributed by atoms with Gasteiger partial charge >= 0.3 is 12.1 Å². The van der Waals surface area contributed by atoms with Gasteiger partial charge in [0.1, 0.15) is 0 Å². The van der Waals surface area contributed by atoms with Crippen LogP contribution in [0.4, 0.5) is 18.9 Å². The molecule has 9 heteroatoms. The highest BCUT2D eigenvalue weighted by Crippen LogP contribution is 2.36. The Bertz CT molecular complexity index is 1260. The molecule has 0 unspecified atom stereocenters. The number of carbonyl (C=O) groups is 1. The van der Waals surface area contributed by atoms with E-state index in [0.717, 1.165) is 22.0 Å². The second-order valence-corrected chi connectivity index (χ2v) is 9.87. The summed E-state index contributed by atoms with van der Waals surface area (Å²) < 4.78 is 68.4. The van der Waals surface area contributed by atoms with Gasteiger partial charge in [-0.05, 0) is 80.3 Å². The monoisotopic (exact) mass is 491 g/mol. The second-order valence-electron chi connectivity index (χ2n) is 8.05. The van der Waals surface area contributed by atoms with E-state index in [1.165, 1.54) is 30.3 Å². The van der Waals surface area contributed by atoms with E-state index in [4.69, 9.17) is 5.11 Å². The number of halogens is 3. The smallest absolute Gasteiger partial charge is 0.416 e. The number of carboxylic acids is 1. The van der Waals surface area contributed by atoms with Crippen molar-refractivity contribution in [3.05, 3.63) is 95.1 Å². The fourth-order valence-corrected chi connectivity index (χ4v) is 5.38. The van der Waals surface area contributed by atoms with Crippen molar-refractivity contribution in [3.63, 3.8) is 0 Å². The lowest BCUT2D eigenvalue weighted by atomic mass is 9.99. The summed E-state index contributed by atoms with van der Waals surface area (Å²) in [6, 6.07) is 16.3. The molecule has 0 saturated carbocycles. The van der Waals surface area contributed by atoms with Gasteiger partial charge in [0, 0.05) is 6.04 Å². The van der Waals surface area contributed by atoms with Crippen LogP contribution < -0.4 is 4.31 Å². The Morgan fingerprint density at radius 3 is 2.09 bits per heavy atom. The van der Waals surface area contributed by atoms with Crippen LogP contribution in [0, 0.1) is 0 Å². The Kier molecular flexibility index (Phi) is 7.35. The number of anilines is 1. The van der Waals surface area contributed by atoms with Gasteiger partial charge in [-0.2, -0.15) is 13.2 Å². The fourth-order valence-electron chi connectivity index (χ4n) is 3.66. The minimum Gasteiger partial charge on any atom is -0.478 e. The van der Waals surface area contributed by atoms with E-state index < -0.39 is 33.8 Å². The van der Waals surface area contributed by atoms with Gasteiger partial charge in [0.15, 0.2) is 0 Å². The van der Waals surface area contributed by atoms with Crippen molar-refractivity contribution in [2.24, 2.45) is 0 Å². The van der Waals surface area contributed by atoms with Crippen molar-refractivity contribution >= 4 is 21.7 Å². The lowest BCUT2D eigenvalue weighted by Gasteiger charge is -2.30. The number of benzene rings is 3. The highest BCUT2D eigenvalue weighted by Gasteiger charge is 2.34. The SMILES string of the molecule is CC(C)N(c1ccc(C(F)(F)F)cc1CCc1ccc(C(=O)O)cc1)S(=O)(=O)c1ccccc1. The number of hydrogen-bond acceptors (Lipinski definition) is 3. The van der Waals surface area contributed by atoms with E-state index in [2.05, 4.69) is 0 Å². The van der Waals surface area contributed by atoms with E-state index >= 15 is 0 Å². The minimum atomic E-state index is -4.59. The summed E-state index contributed by atoms with van der Waals surface area (Å²) in [7, 11) is -4.04. The highest BCUT2D eigenvalue weighted by molar-refractivity contribution is 7.92. The molecule has 0 aliphatic rings. The number of aromatic carboxylic acids is 1. The van der Waals surface area contributed by atoms with E-state index in [-0.39, 0.29) is 28.1 Å². The van der Waals surface area contributed by atoms with Crippen LogP contribution >= 0.6 is 0 Å². The lowest BCUT2D eigenvalue weighted by Crippen LogP contribution is -2.37. The van der Waals surface area contributed by atoms with Crippen LogP contribution in [0.3, 0.4) is 0 Å². The van der Waals surface area contributed by atoms with Crippen LogP contribution in [-0.2, 0) is 29.0 Å². The largest absolute Gasteiger partial charge is 0.478 e. The summed E-state index contributed by atoms with van der Waals surface area (Å²) in [6.07, 6.45) is -4.16. The first-order valence-electron chi connectivity index (χ1n) is 10.5. The molecule has 0 saturated heterocycles. The predicted octanol–water partition coefficient (Wildman–Crippen LogP) is 5.79. The lowest BCUT2D eigenvalue weighted by molar-refractivity contribution is -0.137. The van der Waals surface area contributed by atoms with Crippen LogP contribution in [0.2, 0.25) is 0 Å². The van der Waals surface area contributed by atoms with Crippen LogP contribution in [0.5, 0.6) is 0 Å². The Morgan fingerprint density at radius 1 is 0.941 bits per heavy atom. The highest BCUT2D eigenvalue weighted by atomic mass is 32.2. The van der Waals surface area contributed by atoms with Crippen molar-refractivity contribution in [1.29, 1.82) is 0 Å². The average Bonchev–Trinajstić information content (AvgIpc) is 2.78. The van der Waals surface area contributed by atoms with Gasteiger partial charge in [0.2, 0.25) is 0 Å². The standard InChI is InChI=1S/C25H24F3NO4S/c1-17(2)29(34(32,33)22-6-4-3-5-7-22)23-15-14-21(25(26,27)28)16-20(23)13-10-18-8-11-19(12-9-18)24(30)31/h3-9,11-12,14-17H,10,13H2,1-2H3,(H,30,31). The predicted molar refractivity (Wildman–Crippen MR) is 123 cm³/mol. The summed E-state index contributed by atoms with van der Waals surface area (Å²) in [4.78, 5) is 11.1. The van der Waals surface area contributed by atoms with Crippen LogP contribution in [-0.4, -0.2) is 25.5 Å². The third kappa shape index (κ3) is 5.59. The molecule has 180 valence electrons. The molecule has 0 aromatic heterocycles. The number of sulfonamides is 1. The Hall–Kier alpha value is -3.33. The number of hydrogen-bond donors (Lipinski definition) is 1. The molecule has 3 rings (SSSR count). The number of aryl methyl sites for hydroxylation is 2. The van der Waals surface area contributed by atoms with Crippen molar-refractivity contribution < 1.29 is 31.5 Å². The zero-order chi connectivity index (χ0) is 25.1. The molecule has 3 aromatic rings. The Labute approximate surface area is 196 Å². The maximum absolute atomic E-state index is 13.5. The van der Waals surface area contributed by atoms with E-state index in [9.17, 15) is 26.4 Å². The van der Waals surface area contributed by atoms with Gasteiger partial charge in [-0.1, -0.05) is 30.3 Å². The first-order valence-corrected chi connectivity index (χ1v) is 12.0. The molecule has 0 fully saturated rings. The summed E-state index contributed by atoms with van der Waals surface area (Å²) in [5, 5.41) is 9.04. The summed E-state index contributed by atoms with van der Waals surface area (Å²) in [5.74, 6) is -1.08. The third-order valence-electron chi connectivity index (χ3n) is 5.30. The van der Waals surface area contributed by atoms with Gasteiger partial charge in [0.25, 0.3) is 10.0 Å². The van der Waals surface area contributed by atoms with Gasteiger partial charge in [-0.3, -0.25) is 4.31 Å². The van der Waals surface area contributed by atoms with E-state index in [1.54, 1.807) is 44.2 Å². The fraction of sp³-hybridized carbons (Fsp3) is 0.240. The molecule has 0 amide bonds. The number of nitrogens with zero attached hydrogens (tertiary/aromatic N) is 1. The van der Waals surface area contributed by atoms with E-state index in [0.29, 0.717) is 6.42 Å². The van der Waals surface area contributed by atoms with Crippen molar-refractivity contribution in [2.45, 2.75) is 43.8 Å². The zero-order valence-corrected chi connectivity index (χ0v) is 19.4. The van der Waals surface area contributed by atoms with Crippen LogP contribution in [0.1, 0.15) is 40.9 Å². The molecule has 0 bridgehead atoms. The third-order valence-corrected chi connectivity index (χ3v) is 7.30. The minimum absolute atomic E-state index is 0.0406. The molecule has 3 aromatic carbocycles. The topological polar surface area (TPSA) is 74.7 Å². The number of rotatable bonds is 8. The first kappa shape index (κ1) is 25.3. The quantitative estimate of drug-likeness (QED) is 0.433. The molecule has 0 spiro atoms. The number of alkyl halides is 3. The molecule has 1 N–H and O–H groups in total. The molecule has 0 radical (unpaired) electrons. The van der Waals surface area contributed by atoms with E-state index in [1.807, 2.05) is 0 Å². The van der Waals surface area contributed by atoms with Crippen molar-refractivity contribution in [3.8, 4) is 0 Å². The summed E-state index contributed by atoms with van der Waals surface area (Å²) >= 11 is 0. The summed E-state index contributed by atoms with van der Waals surface area (Å²) in [5.41, 5.74) is 0.353. The maximum atomic E-state index is 13.5. The van der Waals surface area contributed by atoms with Crippen LogP contribution in [0.15, 0.2) is 77.7 Å². The summed E-state index contributed by atoms with van der Waals surface area (Å²) in [6.45, 7) is 3.32. The van der Waals surface area contributed by atoms with Gasteiger partial charge in [-0.15, -0.1) is 0 Å². The average molecular weight is 492 g/mol. The first-order chi connectivity index (χ1) is 15.9. The molecular formula is C25H24F3NO4S. The molecule has 0 heterocycles. The normalized spacial score (nSPS) is 12.1. The molecule has 0 aliphatic heterocycles. The maximum Gasteiger partial charge on any atom is 0.416 e. The van der Waals surface area contributed by atoms with Gasteiger partial charge in [-0.25, -0.2) is 13.2 Å². The van der Waals surface area contributed by atoms with Gasteiger partial charge < -0.3 is 5.11 Å². The van der Waals surface area contributed by atoms with Crippen molar-refractivity contribution in [1.82, 2.24) is 0 Å². The van der Waals surface area contributed by atoms with Crippen LogP contribution in [0.25, 0.3) is 0 Å². The number of carboxylic acid groups (broad SMARTS) is 1. The Balaban J connectivity index is 2.05.